The number of furan rings is 1. The Morgan fingerprint density at radius 3 is 2.96 bits per heavy atom. The van der Waals surface area contributed by atoms with Crippen LogP contribution < -0.4 is 10.6 Å². The number of rotatable bonds is 4. The minimum atomic E-state index is -0.831. The molecule has 0 bridgehead atoms. The van der Waals surface area contributed by atoms with Crippen molar-refractivity contribution in [2.75, 3.05) is 6.54 Å². The van der Waals surface area contributed by atoms with Gasteiger partial charge in [0, 0.05) is 0 Å². The first-order valence-electron chi connectivity index (χ1n) is 8.41. The molecular formula is C17H23N3O4. The van der Waals surface area contributed by atoms with Gasteiger partial charge < -0.3 is 15.1 Å². The Morgan fingerprint density at radius 1 is 1.50 bits per heavy atom. The number of carbonyl (C=O) groups is 3. The van der Waals surface area contributed by atoms with Gasteiger partial charge in [0.15, 0.2) is 0 Å². The lowest BCUT2D eigenvalue weighted by atomic mass is 9.73. The number of hydrogen-bond acceptors (Lipinski definition) is 4. The average molecular weight is 333 g/mol. The van der Waals surface area contributed by atoms with Crippen LogP contribution in [-0.4, -0.2) is 34.8 Å². The third-order valence-corrected chi connectivity index (χ3v) is 5.15. The number of nitrogens with one attached hydrogen (secondary N) is 2. The van der Waals surface area contributed by atoms with Crippen molar-refractivity contribution in [1.82, 2.24) is 15.5 Å². The van der Waals surface area contributed by atoms with E-state index >= 15 is 0 Å². The molecule has 2 fully saturated rings. The Labute approximate surface area is 140 Å². The van der Waals surface area contributed by atoms with Crippen molar-refractivity contribution in [2.24, 2.45) is 5.92 Å². The van der Waals surface area contributed by atoms with E-state index in [0.717, 1.165) is 24.2 Å². The van der Waals surface area contributed by atoms with Gasteiger partial charge in [0.25, 0.3) is 5.91 Å². The van der Waals surface area contributed by atoms with Gasteiger partial charge in [-0.25, -0.2) is 4.79 Å². The number of imide groups is 1. The van der Waals surface area contributed by atoms with Crippen molar-refractivity contribution in [3.8, 4) is 0 Å². The van der Waals surface area contributed by atoms with Crippen molar-refractivity contribution in [1.29, 1.82) is 0 Å². The van der Waals surface area contributed by atoms with Crippen LogP contribution in [0.25, 0.3) is 0 Å². The lowest BCUT2D eigenvalue weighted by molar-refractivity contribution is -0.137. The zero-order chi connectivity index (χ0) is 17.3. The molecule has 1 aliphatic carbocycles. The predicted molar refractivity (Wildman–Crippen MR) is 85.9 cm³/mol. The Kier molecular flexibility index (Phi) is 4.34. The molecule has 7 heteroatoms. The molecule has 1 aromatic rings. The van der Waals surface area contributed by atoms with E-state index in [2.05, 4.69) is 10.6 Å². The van der Waals surface area contributed by atoms with Gasteiger partial charge in [0.05, 0.1) is 12.3 Å². The molecule has 2 heterocycles. The standard InChI is InChI=1S/C17H23N3O4/c1-11-6-3-4-8-17(11)15(22)20(16(23)19-17)10-14(21)18-12(2)13-7-5-9-24-13/h5,7,9,11-12H,3-4,6,8,10H2,1-2H3,(H,18,21)(H,19,23)/t11-,12+,17-/m1/s1. The van der Waals surface area contributed by atoms with Crippen LogP contribution in [0.15, 0.2) is 22.8 Å². The van der Waals surface area contributed by atoms with E-state index in [9.17, 15) is 14.4 Å². The number of nitrogens with zero attached hydrogens (tertiary/aromatic N) is 1. The molecule has 0 radical (unpaired) electrons. The molecule has 1 spiro atoms. The summed E-state index contributed by atoms with van der Waals surface area (Å²) in [7, 11) is 0. The minimum absolute atomic E-state index is 0.0813. The van der Waals surface area contributed by atoms with Crippen LogP contribution in [0, 0.1) is 5.92 Å². The zero-order valence-corrected chi connectivity index (χ0v) is 14.0. The lowest BCUT2D eigenvalue weighted by Crippen LogP contribution is -2.54. The van der Waals surface area contributed by atoms with Crippen molar-refractivity contribution in [2.45, 2.75) is 51.1 Å². The van der Waals surface area contributed by atoms with Crippen LogP contribution in [0.1, 0.15) is 51.3 Å². The molecule has 130 valence electrons. The summed E-state index contributed by atoms with van der Waals surface area (Å²) in [5, 5.41) is 5.59. The summed E-state index contributed by atoms with van der Waals surface area (Å²) in [6.07, 6.45) is 5.05. The van der Waals surface area contributed by atoms with Crippen LogP contribution in [0.2, 0.25) is 0 Å². The molecule has 1 aromatic heterocycles. The predicted octanol–water partition coefficient (Wildman–Crippen LogP) is 1.96. The molecule has 1 aliphatic heterocycles. The molecule has 24 heavy (non-hydrogen) atoms. The highest BCUT2D eigenvalue weighted by molar-refractivity contribution is 6.09. The molecule has 4 amide bonds. The molecule has 1 saturated carbocycles. The Bertz CT molecular complexity index is 642. The van der Waals surface area contributed by atoms with Gasteiger partial charge >= 0.3 is 6.03 Å². The summed E-state index contributed by atoms with van der Waals surface area (Å²) in [5.74, 6) is 0.0409. The summed E-state index contributed by atoms with van der Waals surface area (Å²) in [4.78, 5) is 38.3. The Balaban J connectivity index is 1.65. The second-order valence-electron chi connectivity index (χ2n) is 6.74. The van der Waals surface area contributed by atoms with Crippen molar-refractivity contribution < 1.29 is 18.8 Å². The third-order valence-electron chi connectivity index (χ3n) is 5.15. The molecule has 7 nitrogen and oxygen atoms in total. The minimum Gasteiger partial charge on any atom is -0.467 e. The summed E-state index contributed by atoms with van der Waals surface area (Å²) in [6.45, 7) is 3.50. The second kappa shape index (κ2) is 6.30. The monoisotopic (exact) mass is 333 g/mol. The highest BCUT2D eigenvalue weighted by Gasteiger charge is 2.55. The average Bonchev–Trinajstić information content (AvgIpc) is 3.15. The second-order valence-corrected chi connectivity index (χ2v) is 6.74. The zero-order valence-electron chi connectivity index (χ0n) is 14.0. The molecule has 2 aliphatic rings. The molecule has 0 unspecified atom stereocenters. The van der Waals surface area contributed by atoms with Crippen LogP contribution >= 0.6 is 0 Å². The van der Waals surface area contributed by atoms with Crippen LogP contribution in [-0.2, 0) is 9.59 Å². The van der Waals surface area contributed by atoms with E-state index in [1.165, 1.54) is 6.26 Å². The molecule has 1 saturated heterocycles. The summed E-state index contributed by atoms with van der Waals surface area (Å²) in [5.41, 5.74) is -0.831. The van der Waals surface area contributed by atoms with Gasteiger partial charge in [-0.3, -0.25) is 14.5 Å². The maximum Gasteiger partial charge on any atom is 0.325 e. The Morgan fingerprint density at radius 2 is 2.29 bits per heavy atom. The Hall–Kier alpha value is -2.31. The first-order chi connectivity index (χ1) is 11.4. The maximum atomic E-state index is 12.8. The van der Waals surface area contributed by atoms with Crippen LogP contribution in [0.3, 0.4) is 0 Å². The topological polar surface area (TPSA) is 91.7 Å². The third kappa shape index (κ3) is 2.79. The molecular weight excluding hydrogens is 310 g/mol. The summed E-state index contributed by atoms with van der Waals surface area (Å²) in [6, 6.07) is 2.70. The normalized spacial score (nSPS) is 28.1. The number of hydrogen-bond donors (Lipinski definition) is 2. The van der Waals surface area contributed by atoms with Crippen molar-refractivity contribution >= 4 is 17.8 Å². The number of carbonyl (C=O) groups excluding carboxylic acids is 3. The SMILES string of the molecule is C[C@H](NC(=O)CN1C(=O)N[C@@]2(CCCC[C@H]2C)C1=O)c1ccco1. The lowest BCUT2D eigenvalue weighted by Gasteiger charge is -2.36. The van der Waals surface area contributed by atoms with Crippen molar-refractivity contribution in [3.63, 3.8) is 0 Å². The molecule has 3 atom stereocenters. The van der Waals surface area contributed by atoms with E-state index in [4.69, 9.17) is 4.42 Å². The number of urea groups is 1. The van der Waals surface area contributed by atoms with Gasteiger partial charge in [-0.05, 0) is 37.8 Å². The van der Waals surface area contributed by atoms with Gasteiger partial charge in [0.2, 0.25) is 5.91 Å². The van der Waals surface area contributed by atoms with E-state index in [-0.39, 0.29) is 30.3 Å². The van der Waals surface area contributed by atoms with Crippen LogP contribution in [0.4, 0.5) is 4.79 Å². The van der Waals surface area contributed by atoms with Gasteiger partial charge in [-0.15, -0.1) is 0 Å². The summed E-state index contributed by atoms with van der Waals surface area (Å²) >= 11 is 0. The van der Waals surface area contributed by atoms with Gasteiger partial charge in [-0.1, -0.05) is 19.8 Å². The smallest absolute Gasteiger partial charge is 0.325 e. The fraction of sp³-hybridized carbons (Fsp3) is 0.588. The van der Waals surface area contributed by atoms with Gasteiger partial charge in [0.1, 0.15) is 17.8 Å². The molecule has 0 aromatic carbocycles. The fourth-order valence-electron chi connectivity index (χ4n) is 3.68. The van der Waals surface area contributed by atoms with E-state index in [1.807, 2.05) is 6.92 Å². The first kappa shape index (κ1) is 16.5. The van der Waals surface area contributed by atoms with E-state index < -0.39 is 11.6 Å². The van der Waals surface area contributed by atoms with Crippen LogP contribution in [0.5, 0.6) is 0 Å². The molecule has 2 N–H and O–H groups in total. The first-order valence-corrected chi connectivity index (χ1v) is 8.41. The fourth-order valence-corrected chi connectivity index (χ4v) is 3.68. The largest absolute Gasteiger partial charge is 0.467 e. The maximum absolute atomic E-state index is 12.8. The number of amides is 4. The summed E-state index contributed by atoms with van der Waals surface area (Å²) < 4.78 is 5.24. The van der Waals surface area contributed by atoms with E-state index in [1.54, 1.807) is 19.1 Å². The van der Waals surface area contributed by atoms with Crippen molar-refractivity contribution in [3.05, 3.63) is 24.2 Å². The van der Waals surface area contributed by atoms with Gasteiger partial charge in [-0.2, -0.15) is 0 Å². The highest BCUT2D eigenvalue weighted by Crippen LogP contribution is 2.38. The highest BCUT2D eigenvalue weighted by atomic mass is 16.3. The molecule has 3 rings (SSSR count). The quantitative estimate of drug-likeness (QED) is 0.824. The van der Waals surface area contributed by atoms with E-state index in [0.29, 0.717) is 12.2 Å².